The van der Waals surface area contributed by atoms with Gasteiger partial charge in [-0.1, -0.05) is 6.07 Å². The summed E-state index contributed by atoms with van der Waals surface area (Å²) in [5.41, 5.74) is 4.44. The fourth-order valence-corrected chi connectivity index (χ4v) is 3.61. The first-order valence-electron chi connectivity index (χ1n) is 10.9. The molecule has 0 bridgehead atoms. The van der Waals surface area contributed by atoms with E-state index in [1.165, 1.54) is 0 Å². The number of piperazine rings is 1. The van der Waals surface area contributed by atoms with Gasteiger partial charge in [0, 0.05) is 74.7 Å². The number of hydrogen-bond acceptors (Lipinski definition) is 7. The smallest absolute Gasteiger partial charge is 0.227 e. The highest BCUT2D eigenvalue weighted by Gasteiger charge is 2.15. The van der Waals surface area contributed by atoms with E-state index in [9.17, 15) is 4.79 Å². The van der Waals surface area contributed by atoms with Gasteiger partial charge in [-0.05, 0) is 49.9 Å². The van der Waals surface area contributed by atoms with Crippen LogP contribution in [-0.4, -0.2) is 70.4 Å². The normalized spacial score (nSPS) is 14.8. The molecule has 0 saturated carbocycles. The molecule has 1 amide bonds. The zero-order chi connectivity index (χ0) is 22.3. The van der Waals surface area contributed by atoms with Crippen LogP contribution in [0.25, 0.3) is 11.3 Å². The standard InChI is InChI=1S/C24H29N7O/c1-18-3-4-20(27-23(32)8-12-31-15-13-30(2)14-16-31)17-22(18)29-24-26-11-7-21(28-24)19-5-9-25-10-6-19/h3-7,9-11,17H,8,12-16H2,1-2H3,(H,27,32)(H,26,28,29). The van der Waals surface area contributed by atoms with E-state index in [4.69, 9.17) is 0 Å². The monoisotopic (exact) mass is 431 g/mol. The number of aryl methyl sites for hydroxylation is 1. The van der Waals surface area contributed by atoms with Crippen molar-refractivity contribution < 1.29 is 4.79 Å². The van der Waals surface area contributed by atoms with Gasteiger partial charge in [0.2, 0.25) is 11.9 Å². The van der Waals surface area contributed by atoms with Crippen LogP contribution in [0.2, 0.25) is 0 Å². The Morgan fingerprint density at radius 2 is 1.81 bits per heavy atom. The minimum Gasteiger partial charge on any atom is -0.326 e. The van der Waals surface area contributed by atoms with Crippen LogP contribution >= 0.6 is 0 Å². The topological polar surface area (TPSA) is 86.3 Å². The van der Waals surface area contributed by atoms with Gasteiger partial charge < -0.3 is 20.4 Å². The van der Waals surface area contributed by atoms with Gasteiger partial charge in [-0.3, -0.25) is 9.78 Å². The molecule has 32 heavy (non-hydrogen) atoms. The maximum absolute atomic E-state index is 12.5. The fourth-order valence-electron chi connectivity index (χ4n) is 3.61. The third-order valence-electron chi connectivity index (χ3n) is 5.65. The van der Waals surface area contributed by atoms with Crippen molar-refractivity contribution in [2.24, 2.45) is 0 Å². The number of aromatic nitrogens is 3. The molecule has 0 spiro atoms. The third kappa shape index (κ3) is 5.87. The highest BCUT2D eigenvalue weighted by Crippen LogP contribution is 2.24. The number of amides is 1. The van der Waals surface area contributed by atoms with E-state index in [1.807, 2.05) is 43.3 Å². The minimum absolute atomic E-state index is 0.0228. The van der Waals surface area contributed by atoms with Gasteiger partial charge >= 0.3 is 0 Å². The number of likely N-dealkylation sites (N-methyl/N-ethyl adjacent to an activating group) is 1. The van der Waals surface area contributed by atoms with Crippen molar-refractivity contribution in [3.05, 3.63) is 60.6 Å². The highest BCUT2D eigenvalue weighted by molar-refractivity contribution is 5.91. The first kappa shape index (κ1) is 21.9. The van der Waals surface area contributed by atoms with Crippen molar-refractivity contribution >= 4 is 23.2 Å². The lowest BCUT2D eigenvalue weighted by molar-refractivity contribution is -0.116. The zero-order valence-corrected chi connectivity index (χ0v) is 18.6. The van der Waals surface area contributed by atoms with Crippen LogP contribution in [0.5, 0.6) is 0 Å². The molecule has 1 saturated heterocycles. The molecule has 0 atom stereocenters. The average Bonchev–Trinajstić information content (AvgIpc) is 2.82. The summed E-state index contributed by atoms with van der Waals surface area (Å²) in [6.45, 7) is 6.93. The van der Waals surface area contributed by atoms with Crippen molar-refractivity contribution in [2.75, 3.05) is 50.4 Å². The Morgan fingerprint density at radius 1 is 1.03 bits per heavy atom. The van der Waals surface area contributed by atoms with Gasteiger partial charge in [-0.25, -0.2) is 9.97 Å². The van der Waals surface area contributed by atoms with Crippen LogP contribution in [0, 0.1) is 6.92 Å². The lowest BCUT2D eigenvalue weighted by atomic mass is 10.1. The summed E-state index contributed by atoms with van der Waals surface area (Å²) in [5, 5.41) is 6.30. The van der Waals surface area contributed by atoms with Crippen molar-refractivity contribution in [1.82, 2.24) is 24.8 Å². The Labute approximate surface area is 188 Å². The first-order chi connectivity index (χ1) is 15.6. The van der Waals surface area contributed by atoms with E-state index in [0.29, 0.717) is 12.4 Å². The summed E-state index contributed by atoms with van der Waals surface area (Å²) in [4.78, 5) is 30.1. The molecule has 0 radical (unpaired) electrons. The number of anilines is 3. The van der Waals surface area contributed by atoms with Crippen molar-refractivity contribution in [3.63, 3.8) is 0 Å². The summed E-state index contributed by atoms with van der Waals surface area (Å²) < 4.78 is 0. The Kier molecular flexibility index (Phi) is 7.03. The van der Waals surface area contributed by atoms with Gasteiger partial charge in [0.1, 0.15) is 0 Å². The molecule has 0 aliphatic carbocycles. The van der Waals surface area contributed by atoms with E-state index < -0.39 is 0 Å². The maximum atomic E-state index is 12.5. The molecule has 1 fully saturated rings. The van der Waals surface area contributed by atoms with E-state index in [-0.39, 0.29) is 5.91 Å². The van der Waals surface area contributed by atoms with Crippen LogP contribution in [0.1, 0.15) is 12.0 Å². The van der Waals surface area contributed by atoms with E-state index in [0.717, 1.165) is 60.9 Å². The number of hydrogen-bond donors (Lipinski definition) is 2. The number of nitrogens with zero attached hydrogens (tertiary/aromatic N) is 5. The lowest BCUT2D eigenvalue weighted by Gasteiger charge is -2.32. The van der Waals surface area contributed by atoms with Crippen molar-refractivity contribution in [3.8, 4) is 11.3 Å². The molecule has 0 unspecified atom stereocenters. The molecular formula is C24H29N7O. The SMILES string of the molecule is Cc1ccc(NC(=O)CCN2CCN(C)CC2)cc1Nc1nccc(-c2ccncc2)n1. The Balaban J connectivity index is 1.38. The summed E-state index contributed by atoms with van der Waals surface area (Å²) in [6.07, 6.45) is 5.69. The molecule has 2 aromatic heterocycles. The largest absolute Gasteiger partial charge is 0.326 e. The third-order valence-corrected chi connectivity index (χ3v) is 5.65. The van der Waals surface area contributed by atoms with Gasteiger partial charge in [-0.2, -0.15) is 0 Å². The number of rotatable bonds is 7. The van der Waals surface area contributed by atoms with Gasteiger partial charge in [-0.15, -0.1) is 0 Å². The minimum atomic E-state index is 0.0228. The Morgan fingerprint density at radius 3 is 2.59 bits per heavy atom. The summed E-state index contributed by atoms with van der Waals surface area (Å²) >= 11 is 0. The van der Waals surface area contributed by atoms with Crippen molar-refractivity contribution in [1.29, 1.82) is 0 Å². The summed E-state index contributed by atoms with van der Waals surface area (Å²) in [6, 6.07) is 11.5. The predicted molar refractivity (Wildman–Crippen MR) is 127 cm³/mol. The van der Waals surface area contributed by atoms with E-state index in [2.05, 4.69) is 42.4 Å². The van der Waals surface area contributed by atoms with E-state index >= 15 is 0 Å². The molecule has 3 heterocycles. The highest BCUT2D eigenvalue weighted by atomic mass is 16.1. The molecule has 3 aromatic rings. The van der Waals surface area contributed by atoms with Crippen LogP contribution in [0.3, 0.4) is 0 Å². The van der Waals surface area contributed by atoms with E-state index in [1.54, 1.807) is 18.6 Å². The van der Waals surface area contributed by atoms with Crippen molar-refractivity contribution in [2.45, 2.75) is 13.3 Å². The molecule has 1 aliphatic heterocycles. The number of carbonyl (C=O) groups excluding carboxylic acids is 1. The van der Waals surface area contributed by atoms with Crippen LogP contribution in [-0.2, 0) is 4.79 Å². The zero-order valence-electron chi connectivity index (χ0n) is 18.6. The first-order valence-corrected chi connectivity index (χ1v) is 10.9. The molecule has 166 valence electrons. The Bertz CT molecular complexity index is 1050. The molecule has 1 aliphatic rings. The summed E-state index contributed by atoms with van der Waals surface area (Å²) in [5.74, 6) is 0.524. The van der Waals surface area contributed by atoms with Gasteiger partial charge in [0.15, 0.2) is 0 Å². The van der Waals surface area contributed by atoms with Crippen LogP contribution in [0.15, 0.2) is 55.0 Å². The van der Waals surface area contributed by atoms with Gasteiger partial charge in [0.25, 0.3) is 0 Å². The second-order valence-corrected chi connectivity index (χ2v) is 8.10. The molecular weight excluding hydrogens is 402 g/mol. The molecule has 8 heteroatoms. The summed E-state index contributed by atoms with van der Waals surface area (Å²) in [7, 11) is 2.13. The molecule has 4 rings (SSSR count). The number of carbonyl (C=O) groups is 1. The molecule has 2 N–H and O–H groups in total. The quantitative estimate of drug-likeness (QED) is 0.594. The molecule has 8 nitrogen and oxygen atoms in total. The van der Waals surface area contributed by atoms with Crippen LogP contribution < -0.4 is 10.6 Å². The number of benzene rings is 1. The second-order valence-electron chi connectivity index (χ2n) is 8.10. The average molecular weight is 432 g/mol. The predicted octanol–water partition coefficient (Wildman–Crippen LogP) is 3.17. The van der Waals surface area contributed by atoms with Gasteiger partial charge in [0.05, 0.1) is 5.69 Å². The lowest BCUT2D eigenvalue weighted by Crippen LogP contribution is -2.45. The molecule has 1 aromatic carbocycles. The number of pyridine rings is 1. The number of nitrogens with one attached hydrogen (secondary N) is 2. The second kappa shape index (κ2) is 10.3. The fraction of sp³-hybridized carbons (Fsp3) is 0.333. The van der Waals surface area contributed by atoms with Crippen LogP contribution in [0.4, 0.5) is 17.3 Å². The Hall–Kier alpha value is -3.36. The maximum Gasteiger partial charge on any atom is 0.227 e.